The Morgan fingerprint density at radius 2 is 1.20 bits per heavy atom. The molecule has 33 heteroatoms. The number of nitrogens with one attached hydrogen (secondary N) is 7. The summed E-state index contributed by atoms with van der Waals surface area (Å²) in [5.41, 5.74) is 3.20. The number of carbonyl (C=O) groups is 8. The number of ether oxygens (including phenoxy) is 4. The number of aromatic nitrogens is 3. The zero-order chi connectivity index (χ0) is 73.9. The summed E-state index contributed by atoms with van der Waals surface area (Å²) in [7, 11) is -2.74. The first-order valence-corrected chi connectivity index (χ1v) is 35.0. The van der Waals surface area contributed by atoms with E-state index in [1.54, 1.807) is 77.7 Å². The smallest absolute Gasteiger partial charge is 0.323 e. The molecule has 1 unspecified atom stereocenters. The summed E-state index contributed by atoms with van der Waals surface area (Å²) in [6.45, 7) is 14.6. The average molecular weight is 1430 g/mol. The maximum Gasteiger partial charge on any atom is 0.323 e. The van der Waals surface area contributed by atoms with Gasteiger partial charge < -0.3 is 75.5 Å². The van der Waals surface area contributed by atoms with E-state index < -0.39 is 63.9 Å². The van der Waals surface area contributed by atoms with Gasteiger partial charge in [-0.1, -0.05) is 42.8 Å². The monoisotopic (exact) mass is 1430 g/mol. The van der Waals surface area contributed by atoms with Gasteiger partial charge in [-0.3, -0.25) is 62.8 Å². The molecule has 1 saturated heterocycles. The van der Waals surface area contributed by atoms with Crippen LogP contribution in [0, 0.1) is 20.8 Å². The molecule has 101 heavy (non-hydrogen) atoms. The highest BCUT2D eigenvalue weighted by molar-refractivity contribution is 7.89. The lowest BCUT2D eigenvalue weighted by Gasteiger charge is -2.33. The van der Waals surface area contributed by atoms with Crippen LogP contribution in [0.2, 0.25) is 0 Å². The normalized spacial score (nSPS) is 14.2. The Labute approximate surface area is 587 Å². The van der Waals surface area contributed by atoms with Gasteiger partial charge in [-0.25, -0.2) is 13.4 Å². The number of aromatic amines is 1. The van der Waals surface area contributed by atoms with Crippen molar-refractivity contribution in [2.24, 2.45) is 7.05 Å². The van der Waals surface area contributed by atoms with Crippen molar-refractivity contribution in [2.75, 3.05) is 150 Å². The van der Waals surface area contributed by atoms with Gasteiger partial charge in [0, 0.05) is 136 Å². The molecule has 6 rings (SSSR count). The van der Waals surface area contributed by atoms with Crippen molar-refractivity contribution in [3.8, 4) is 5.75 Å². The lowest BCUT2D eigenvalue weighted by atomic mass is 10.0. The van der Waals surface area contributed by atoms with Gasteiger partial charge in [-0.15, -0.1) is 0 Å². The molecule has 0 bridgehead atoms. The molecule has 556 valence electrons. The fourth-order valence-electron chi connectivity index (χ4n) is 10.8. The average Bonchev–Trinajstić information content (AvgIpc) is 0.975. The van der Waals surface area contributed by atoms with Gasteiger partial charge >= 0.3 is 23.9 Å². The summed E-state index contributed by atoms with van der Waals surface area (Å²) in [6, 6.07) is 13.3. The zero-order valence-electron chi connectivity index (χ0n) is 58.4. The lowest BCUT2D eigenvalue weighted by molar-refractivity contribution is -0.140. The van der Waals surface area contributed by atoms with Crippen LogP contribution in [0.1, 0.15) is 77.7 Å². The second-order valence-electron chi connectivity index (χ2n) is 24.2. The van der Waals surface area contributed by atoms with E-state index in [9.17, 15) is 72.0 Å². The minimum Gasteiger partial charge on any atom is -0.494 e. The highest BCUT2D eigenvalue weighted by Gasteiger charge is 2.30. The Morgan fingerprint density at radius 1 is 0.644 bits per heavy atom. The van der Waals surface area contributed by atoms with Crippen molar-refractivity contribution >= 4 is 74.4 Å². The van der Waals surface area contributed by atoms with Crippen molar-refractivity contribution in [1.29, 1.82) is 0 Å². The van der Waals surface area contributed by atoms with Crippen molar-refractivity contribution < 1.29 is 86.1 Å². The molecular formula is C68H99N13O19S. The van der Waals surface area contributed by atoms with Crippen molar-refractivity contribution in [2.45, 2.75) is 90.2 Å². The van der Waals surface area contributed by atoms with Crippen molar-refractivity contribution in [3.05, 3.63) is 117 Å². The van der Waals surface area contributed by atoms with Crippen LogP contribution >= 0.6 is 0 Å². The van der Waals surface area contributed by atoms with Crippen LogP contribution in [0.3, 0.4) is 0 Å². The number of benzene rings is 3. The predicted octanol–water partition coefficient (Wildman–Crippen LogP) is 1.41. The van der Waals surface area contributed by atoms with Gasteiger partial charge in [-0.05, 0) is 93.5 Å². The molecule has 3 aromatic carbocycles. The number of sulfonamides is 1. The molecule has 0 spiro atoms. The molecular weight excluding hydrogens is 1330 g/mol. The molecule has 0 aliphatic carbocycles. The number of likely N-dealkylation sites (N-methyl/N-ethyl adjacent to an activating group) is 1. The summed E-state index contributed by atoms with van der Waals surface area (Å²) in [5.74, 6) is -5.31. The van der Waals surface area contributed by atoms with Crippen LogP contribution in [-0.2, 0) is 77.8 Å². The topological polar surface area (TPSA) is 424 Å². The van der Waals surface area contributed by atoms with E-state index in [4.69, 9.17) is 18.9 Å². The molecule has 2 atom stereocenters. The number of carbonyl (C=O) groups excluding carboxylic acids is 4. The van der Waals surface area contributed by atoms with E-state index in [1.165, 1.54) is 18.3 Å². The summed E-state index contributed by atoms with van der Waals surface area (Å²) >= 11 is 0. The number of nitrogens with zero attached hydrogens (tertiary/aromatic N) is 6. The summed E-state index contributed by atoms with van der Waals surface area (Å²) in [5, 5.41) is 52.2. The SMILES string of the molecule is CCCOCCOCCOCCCNC(=O)CCCOc1cc(C)c(S(=O)(=O)NC(CNC(=O)c2cn(C)c3cc(CNc4ncc[nH]4)ccc3c2=O)C(=O)O)c(C)c1.CCNC(=O)[C@@H](Cc1ccc(C)cc1)NC(=O)CN1CCN(CC(=O)O)CCN(CC(=O)O)CCN(CC(=O)O)CC1. The molecule has 11 N–H and O–H groups in total. The van der Waals surface area contributed by atoms with Gasteiger partial charge in [0.1, 0.15) is 23.4 Å². The van der Waals surface area contributed by atoms with E-state index in [-0.39, 0.29) is 99.0 Å². The largest absolute Gasteiger partial charge is 0.494 e. The Balaban J connectivity index is 0.000000386. The molecule has 3 heterocycles. The quantitative estimate of drug-likeness (QED) is 0.0247. The minimum absolute atomic E-state index is 0.0727. The van der Waals surface area contributed by atoms with Crippen LogP contribution in [0.25, 0.3) is 10.9 Å². The molecule has 2 aromatic heterocycles. The number of hydrogen-bond donors (Lipinski definition) is 11. The number of H-pyrrole nitrogens is 1. The maximum atomic E-state index is 13.5. The Bertz CT molecular complexity index is 3620. The highest BCUT2D eigenvalue weighted by Crippen LogP contribution is 2.27. The number of rotatable bonds is 40. The van der Waals surface area contributed by atoms with E-state index in [1.807, 2.05) is 43.0 Å². The summed E-state index contributed by atoms with van der Waals surface area (Å²) < 4.78 is 52.9. The maximum absolute atomic E-state index is 13.5. The second kappa shape index (κ2) is 43.7. The number of carboxylic acids is 4. The third-order valence-corrected chi connectivity index (χ3v) is 17.6. The highest BCUT2D eigenvalue weighted by atomic mass is 32.2. The van der Waals surface area contributed by atoms with E-state index in [0.717, 1.165) is 29.7 Å². The Hall–Kier alpha value is -8.93. The van der Waals surface area contributed by atoms with Crippen LogP contribution in [0.5, 0.6) is 5.75 Å². The molecule has 1 aliphatic rings. The van der Waals surface area contributed by atoms with Crippen LogP contribution in [-0.4, -0.2) is 267 Å². The third kappa shape index (κ3) is 30.4. The molecule has 1 aliphatic heterocycles. The first-order chi connectivity index (χ1) is 48.2. The standard InChI is InChI=1S/C40H55N7O11S.C28H44N6O8/c1-5-14-55-17-19-57-20-18-56-15-7-11-41-35(48)8-6-16-58-30-21-27(2)37(28(3)22-30)59(53,54)46-33(39(51)52)25-44-38(50)32-26-47(4)34-23-29(9-10-31(34)36(32)49)24-45-40-42-12-13-43-40;1-3-29-28(42)23(16-22-6-4-21(2)5-7-22)30-24(35)17-31-8-10-32(18-25(36)37)12-14-34(20-27(40)41)15-13-33(11-9-31)19-26(38)39/h9-10,12-13,21-23,26,33,46H,5-8,11,14-20,24-25H2,1-4H3,(H,41,48)(H,44,50)(H,51,52)(H2,42,43,45);4-7,23H,3,8-20H2,1-2H3,(H,29,42)(H,30,35)(H,36,37)(H,38,39)(H,40,41)/t;23-/m.1/s1. The molecule has 32 nitrogen and oxygen atoms in total. The minimum atomic E-state index is -4.41. The van der Waals surface area contributed by atoms with E-state index in [2.05, 4.69) is 41.3 Å². The van der Waals surface area contributed by atoms with Crippen LogP contribution < -0.4 is 41.5 Å². The van der Waals surface area contributed by atoms with Gasteiger partial charge in [0.25, 0.3) is 5.91 Å². The fraction of sp³-hybridized carbons (Fsp3) is 0.529. The number of anilines is 1. The summed E-state index contributed by atoms with van der Waals surface area (Å²) in [4.78, 5) is 125. The van der Waals surface area contributed by atoms with E-state index >= 15 is 0 Å². The van der Waals surface area contributed by atoms with E-state index in [0.29, 0.717) is 126 Å². The number of aryl methyl sites for hydroxylation is 4. The van der Waals surface area contributed by atoms with Gasteiger partial charge in [-0.2, -0.15) is 4.72 Å². The first kappa shape index (κ1) is 82.7. The second-order valence-corrected chi connectivity index (χ2v) is 25.9. The number of carboxylic acid groups (broad SMARTS) is 4. The Morgan fingerprint density at radius 3 is 1.73 bits per heavy atom. The number of aliphatic carboxylic acids is 4. The van der Waals surface area contributed by atoms with Crippen molar-refractivity contribution in [3.63, 3.8) is 0 Å². The molecule has 4 amide bonds. The number of fused-ring (bicyclic) bond motifs is 1. The number of amides is 4. The molecule has 0 saturated carbocycles. The predicted molar refractivity (Wildman–Crippen MR) is 374 cm³/mol. The first-order valence-electron chi connectivity index (χ1n) is 33.6. The number of pyridine rings is 1. The van der Waals surface area contributed by atoms with Gasteiger partial charge in [0.05, 0.1) is 69.6 Å². The molecule has 5 aromatic rings. The molecule has 0 radical (unpaired) electrons. The third-order valence-electron chi connectivity index (χ3n) is 15.9. The van der Waals surface area contributed by atoms with Crippen LogP contribution in [0.15, 0.2) is 82.9 Å². The summed E-state index contributed by atoms with van der Waals surface area (Å²) in [6.07, 6.45) is 7.25. The Kier molecular flexibility index (Phi) is 35.8. The number of imidazole rings is 1. The van der Waals surface area contributed by atoms with Gasteiger partial charge in [0.15, 0.2) is 5.95 Å². The van der Waals surface area contributed by atoms with Crippen LogP contribution in [0.4, 0.5) is 5.95 Å². The van der Waals surface area contributed by atoms with Crippen molar-refractivity contribution in [1.82, 2.24) is 60.1 Å². The lowest BCUT2D eigenvalue weighted by Crippen LogP contribution is -2.52. The number of hydrogen-bond acceptors (Lipinski definition) is 21. The molecule has 1 fully saturated rings. The fourth-order valence-corrected chi connectivity index (χ4v) is 12.4. The zero-order valence-corrected chi connectivity index (χ0v) is 59.2. The van der Waals surface area contributed by atoms with Gasteiger partial charge in [0.2, 0.25) is 33.2 Å².